The number of rotatable bonds is 4. The molecule has 1 aromatic heterocycles. The number of hydrogen-bond acceptors (Lipinski definition) is 3. The van der Waals surface area contributed by atoms with E-state index in [1.807, 2.05) is 25.1 Å². The molecule has 0 fully saturated rings. The molecule has 1 heterocycles. The van der Waals surface area contributed by atoms with E-state index >= 15 is 0 Å². The summed E-state index contributed by atoms with van der Waals surface area (Å²) < 4.78 is 14.0. The smallest absolute Gasteiger partial charge is 0.124 e. The second kappa shape index (κ2) is 6.16. The van der Waals surface area contributed by atoms with E-state index in [-0.39, 0.29) is 11.9 Å². The van der Waals surface area contributed by atoms with Crippen LogP contribution in [0.3, 0.4) is 0 Å². The van der Waals surface area contributed by atoms with E-state index in [9.17, 15) is 4.39 Å². The molecular formula is C14H12ClFN2S. The minimum Gasteiger partial charge on any atom is -0.305 e. The Morgan fingerprint density at radius 3 is 2.84 bits per heavy atom. The minimum absolute atomic E-state index is 0.131. The van der Waals surface area contributed by atoms with E-state index in [1.54, 1.807) is 6.07 Å². The highest BCUT2D eigenvalue weighted by Gasteiger charge is 2.08. The quantitative estimate of drug-likeness (QED) is 0.914. The van der Waals surface area contributed by atoms with Gasteiger partial charge in [0.2, 0.25) is 0 Å². The van der Waals surface area contributed by atoms with Crippen LogP contribution in [0, 0.1) is 17.1 Å². The molecule has 19 heavy (non-hydrogen) atoms. The fourth-order valence-electron chi connectivity index (χ4n) is 1.75. The molecule has 0 aliphatic carbocycles. The molecule has 0 aliphatic heterocycles. The molecule has 2 nitrogen and oxygen atoms in total. The molecule has 2 rings (SSSR count). The Labute approximate surface area is 120 Å². The van der Waals surface area contributed by atoms with Crippen molar-refractivity contribution in [3.05, 3.63) is 56.5 Å². The van der Waals surface area contributed by atoms with Crippen LogP contribution in [0.4, 0.5) is 4.39 Å². The second-order valence-corrected chi connectivity index (χ2v) is 5.95. The Bertz CT molecular complexity index is 618. The molecule has 0 saturated carbocycles. The standard InChI is InChI=1S/C14H12ClFN2S/c1-9(13-2-3-14(15)19-13)18-8-11-4-10(7-17)5-12(16)6-11/h2-6,9,18H,8H2,1H3. The summed E-state index contributed by atoms with van der Waals surface area (Å²) in [5.41, 5.74) is 1.09. The zero-order valence-electron chi connectivity index (χ0n) is 10.3. The molecule has 1 unspecified atom stereocenters. The highest BCUT2D eigenvalue weighted by molar-refractivity contribution is 7.16. The lowest BCUT2D eigenvalue weighted by Crippen LogP contribution is -2.17. The fourth-order valence-corrected chi connectivity index (χ4v) is 2.84. The zero-order valence-corrected chi connectivity index (χ0v) is 11.9. The maximum absolute atomic E-state index is 13.3. The van der Waals surface area contributed by atoms with Crippen LogP contribution in [0.1, 0.15) is 29.0 Å². The first-order chi connectivity index (χ1) is 9.08. The summed E-state index contributed by atoms with van der Waals surface area (Å²) in [5.74, 6) is -0.386. The van der Waals surface area contributed by atoms with Crippen LogP contribution in [0.2, 0.25) is 4.34 Å². The summed E-state index contributed by atoms with van der Waals surface area (Å²) in [5, 5.41) is 12.1. The summed E-state index contributed by atoms with van der Waals surface area (Å²) in [6.07, 6.45) is 0. The molecule has 1 aromatic carbocycles. The number of nitrogens with one attached hydrogen (secondary N) is 1. The highest BCUT2D eigenvalue weighted by Crippen LogP contribution is 2.26. The fraction of sp³-hybridized carbons (Fsp3) is 0.214. The second-order valence-electron chi connectivity index (χ2n) is 4.20. The van der Waals surface area contributed by atoms with Crippen LogP contribution in [-0.2, 0) is 6.54 Å². The van der Waals surface area contributed by atoms with E-state index < -0.39 is 0 Å². The van der Waals surface area contributed by atoms with Crippen LogP contribution in [0.5, 0.6) is 0 Å². The lowest BCUT2D eigenvalue weighted by Gasteiger charge is -2.12. The van der Waals surface area contributed by atoms with Crippen molar-refractivity contribution in [1.82, 2.24) is 5.32 Å². The molecule has 0 bridgehead atoms. The topological polar surface area (TPSA) is 35.8 Å². The normalized spacial score (nSPS) is 12.1. The van der Waals surface area contributed by atoms with Gasteiger partial charge in [-0.05, 0) is 42.8 Å². The maximum atomic E-state index is 13.3. The van der Waals surface area contributed by atoms with Gasteiger partial charge in [-0.3, -0.25) is 0 Å². The van der Waals surface area contributed by atoms with Gasteiger partial charge in [0.1, 0.15) is 5.82 Å². The molecule has 0 amide bonds. The van der Waals surface area contributed by atoms with Gasteiger partial charge in [0.05, 0.1) is 16.0 Å². The molecule has 98 valence electrons. The van der Waals surface area contributed by atoms with Gasteiger partial charge in [0.25, 0.3) is 0 Å². The highest BCUT2D eigenvalue weighted by atomic mass is 35.5. The van der Waals surface area contributed by atoms with Gasteiger partial charge in [0.15, 0.2) is 0 Å². The molecule has 1 N–H and O–H groups in total. The summed E-state index contributed by atoms with van der Waals surface area (Å²) in [6, 6.07) is 10.2. The lowest BCUT2D eigenvalue weighted by atomic mass is 10.1. The first kappa shape index (κ1) is 14.0. The van der Waals surface area contributed by atoms with Gasteiger partial charge < -0.3 is 5.32 Å². The third-order valence-corrected chi connectivity index (χ3v) is 4.13. The van der Waals surface area contributed by atoms with Gasteiger partial charge in [-0.15, -0.1) is 11.3 Å². The average Bonchev–Trinajstić information content (AvgIpc) is 2.82. The van der Waals surface area contributed by atoms with Crippen LogP contribution in [0.25, 0.3) is 0 Å². The van der Waals surface area contributed by atoms with Crippen molar-refractivity contribution in [1.29, 1.82) is 5.26 Å². The first-order valence-electron chi connectivity index (χ1n) is 5.76. The zero-order chi connectivity index (χ0) is 13.8. The van der Waals surface area contributed by atoms with Crippen LogP contribution < -0.4 is 5.32 Å². The van der Waals surface area contributed by atoms with Crippen molar-refractivity contribution in [2.24, 2.45) is 0 Å². The van der Waals surface area contributed by atoms with Gasteiger partial charge >= 0.3 is 0 Å². The largest absolute Gasteiger partial charge is 0.305 e. The Kier molecular flexibility index (Phi) is 4.54. The Balaban J connectivity index is 2.03. The number of nitriles is 1. The van der Waals surface area contributed by atoms with Crippen molar-refractivity contribution < 1.29 is 4.39 Å². The van der Waals surface area contributed by atoms with Gasteiger partial charge in [-0.2, -0.15) is 5.26 Å². The van der Waals surface area contributed by atoms with E-state index in [2.05, 4.69) is 5.32 Å². The molecule has 0 saturated heterocycles. The number of benzene rings is 1. The SMILES string of the molecule is CC(NCc1cc(F)cc(C#N)c1)c1ccc(Cl)s1. The average molecular weight is 295 g/mol. The van der Waals surface area contributed by atoms with Crippen molar-refractivity contribution in [3.8, 4) is 6.07 Å². The van der Waals surface area contributed by atoms with Crippen molar-refractivity contribution in [2.45, 2.75) is 19.5 Å². The van der Waals surface area contributed by atoms with Gasteiger partial charge in [-0.1, -0.05) is 11.6 Å². The number of hydrogen-bond donors (Lipinski definition) is 1. The lowest BCUT2D eigenvalue weighted by molar-refractivity contribution is 0.576. The molecule has 0 aliphatic rings. The number of nitrogens with zero attached hydrogens (tertiary/aromatic N) is 1. The summed E-state index contributed by atoms with van der Waals surface area (Å²) in [4.78, 5) is 1.13. The van der Waals surface area contributed by atoms with E-state index in [0.29, 0.717) is 12.1 Å². The predicted molar refractivity (Wildman–Crippen MR) is 75.7 cm³/mol. The molecule has 0 radical (unpaired) electrons. The third-order valence-electron chi connectivity index (χ3n) is 2.72. The third kappa shape index (κ3) is 3.77. The van der Waals surface area contributed by atoms with E-state index in [0.717, 1.165) is 14.8 Å². The van der Waals surface area contributed by atoms with Crippen LogP contribution >= 0.6 is 22.9 Å². The first-order valence-corrected chi connectivity index (χ1v) is 6.96. The van der Waals surface area contributed by atoms with Crippen molar-refractivity contribution in [2.75, 3.05) is 0 Å². The summed E-state index contributed by atoms with van der Waals surface area (Å²) >= 11 is 7.41. The summed E-state index contributed by atoms with van der Waals surface area (Å²) in [6.45, 7) is 2.52. The molecular weight excluding hydrogens is 283 g/mol. The number of halogens is 2. The number of thiophene rings is 1. The maximum Gasteiger partial charge on any atom is 0.124 e. The Morgan fingerprint density at radius 2 is 2.21 bits per heavy atom. The Hall–Kier alpha value is -1.41. The van der Waals surface area contributed by atoms with Crippen molar-refractivity contribution in [3.63, 3.8) is 0 Å². The monoisotopic (exact) mass is 294 g/mol. The van der Waals surface area contributed by atoms with Gasteiger partial charge in [-0.25, -0.2) is 4.39 Å². The minimum atomic E-state index is -0.386. The summed E-state index contributed by atoms with van der Waals surface area (Å²) in [7, 11) is 0. The van der Waals surface area contributed by atoms with E-state index in [1.165, 1.54) is 23.5 Å². The van der Waals surface area contributed by atoms with Gasteiger partial charge in [0, 0.05) is 17.5 Å². The van der Waals surface area contributed by atoms with Crippen LogP contribution in [0.15, 0.2) is 30.3 Å². The molecule has 5 heteroatoms. The predicted octanol–water partition coefficient (Wildman–Crippen LogP) is 4.26. The van der Waals surface area contributed by atoms with Crippen molar-refractivity contribution >= 4 is 22.9 Å². The molecule has 1 atom stereocenters. The van der Waals surface area contributed by atoms with Crippen LogP contribution in [-0.4, -0.2) is 0 Å². The molecule has 0 spiro atoms. The van der Waals surface area contributed by atoms with E-state index in [4.69, 9.17) is 16.9 Å². The Morgan fingerprint density at radius 1 is 1.42 bits per heavy atom. The molecule has 2 aromatic rings.